The molecule has 0 nitrogen and oxygen atoms in total. The molecule has 0 N–H and O–H groups in total. The maximum absolute atomic E-state index is 2.23. The average molecular weight is 796 g/mol. The van der Waals surface area contributed by atoms with Gasteiger partial charge in [0.25, 0.3) is 0 Å². The second-order valence-corrected chi connectivity index (χ2v) is 16.2. The molecule has 0 spiro atoms. The summed E-state index contributed by atoms with van der Waals surface area (Å²) in [7, 11) is -0.892. The van der Waals surface area contributed by atoms with Crippen LogP contribution >= 0.6 is 15.8 Å². The Morgan fingerprint density at radius 3 is 0.480 bits per heavy atom. The standard InChI is InChI=1S/2C18H15P.C10H15.ClH.Ru/c2*1-4-10-16(11-5-1)19(17-12-6-2-7-13-17)18-14-8-3-9-15-18;1-6-7(2)9(4)10(5)8(6)3;;/h2*1-15H;1-5H3;1H;/q;;;;+2/p-1. The molecule has 0 saturated heterocycles. The molecule has 253 valence electrons. The van der Waals surface area contributed by atoms with Crippen molar-refractivity contribution in [1.82, 2.24) is 0 Å². The van der Waals surface area contributed by atoms with E-state index in [0.29, 0.717) is 0 Å². The predicted octanol–water partition coefficient (Wildman–Crippen LogP) is 6.86. The summed E-state index contributed by atoms with van der Waals surface area (Å²) < 4.78 is 0. The summed E-state index contributed by atoms with van der Waals surface area (Å²) in [4.78, 5) is 0. The number of halogens is 1. The van der Waals surface area contributed by atoms with E-state index in [-0.39, 0.29) is 31.9 Å². The molecule has 0 heterocycles. The molecule has 0 aliphatic heterocycles. The molecule has 1 aliphatic rings. The van der Waals surface area contributed by atoms with Gasteiger partial charge < -0.3 is 12.4 Å². The number of benzene rings is 6. The van der Waals surface area contributed by atoms with Crippen LogP contribution in [0.1, 0.15) is 34.6 Å². The van der Waals surface area contributed by atoms with E-state index in [4.69, 9.17) is 0 Å². The van der Waals surface area contributed by atoms with Gasteiger partial charge in [-0.2, -0.15) is 0 Å². The molecular weight excluding hydrogens is 751 g/mol. The van der Waals surface area contributed by atoms with Crippen molar-refractivity contribution >= 4 is 47.7 Å². The van der Waals surface area contributed by atoms with E-state index in [0.717, 1.165) is 0 Å². The Balaban J connectivity index is 0.000000209. The van der Waals surface area contributed by atoms with Crippen LogP contribution in [0.2, 0.25) is 0 Å². The van der Waals surface area contributed by atoms with Crippen LogP contribution in [0, 0.1) is 29.6 Å². The van der Waals surface area contributed by atoms with E-state index in [9.17, 15) is 0 Å². The van der Waals surface area contributed by atoms with Crippen molar-refractivity contribution < 1.29 is 31.9 Å². The minimum absolute atomic E-state index is 0. The molecule has 7 rings (SSSR count). The molecule has 6 aromatic carbocycles. The Morgan fingerprint density at radius 2 is 0.360 bits per heavy atom. The molecule has 1 saturated carbocycles. The normalized spacial score (nSPS) is 13.7. The minimum Gasteiger partial charge on any atom is -1.00 e. The Kier molecular flexibility index (Phi) is 17.8. The van der Waals surface area contributed by atoms with Crippen LogP contribution in [-0.4, -0.2) is 0 Å². The molecule has 6 aromatic rings. The van der Waals surface area contributed by atoms with Crippen molar-refractivity contribution in [2.75, 3.05) is 0 Å². The Bertz CT molecular complexity index is 1390. The second kappa shape index (κ2) is 21.5. The van der Waals surface area contributed by atoms with Gasteiger partial charge in [0.05, 0.1) is 0 Å². The second-order valence-electron chi connectivity index (χ2n) is 11.8. The molecular formula is C46H45ClP2Ru+. The third-order valence-electron chi connectivity index (χ3n) is 8.90. The summed E-state index contributed by atoms with van der Waals surface area (Å²) in [6.07, 6.45) is 0. The van der Waals surface area contributed by atoms with Crippen LogP contribution in [0.5, 0.6) is 0 Å². The van der Waals surface area contributed by atoms with Crippen molar-refractivity contribution in [2.45, 2.75) is 34.6 Å². The van der Waals surface area contributed by atoms with E-state index in [1.165, 1.54) is 61.4 Å². The van der Waals surface area contributed by atoms with Crippen molar-refractivity contribution in [1.29, 1.82) is 0 Å². The molecule has 5 radical (unpaired) electrons. The molecule has 0 bridgehead atoms. The maximum atomic E-state index is 2.23. The maximum Gasteiger partial charge on any atom is 2.00 e. The van der Waals surface area contributed by atoms with Crippen LogP contribution in [0.3, 0.4) is 0 Å². The third-order valence-corrected chi connectivity index (χ3v) is 13.8. The minimum atomic E-state index is -0.446. The van der Waals surface area contributed by atoms with Gasteiger partial charge in [0, 0.05) is 0 Å². The zero-order valence-corrected chi connectivity index (χ0v) is 33.7. The van der Waals surface area contributed by atoms with Gasteiger partial charge in [-0.3, -0.25) is 0 Å². The molecule has 1 aliphatic carbocycles. The first-order valence-corrected chi connectivity index (χ1v) is 19.2. The van der Waals surface area contributed by atoms with Gasteiger partial charge in [0.15, 0.2) is 0 Å². The van der Waals surface area contributed by atoms with Crippen LogP contribution in [-0.2, 0) is 19.5 Å². The van der Waals surface area contributed by atoms with Crippen molar-refractivity contribution in [2.24, 2.45) is 0 Å². The summed E-state index contributed by atoms with van der Waals surface area (Å²) in [5, 5.41) is 8.39. The fraction of sp³-hybridized carbons (Fsp3) is 0.109. The summed E-state index contributed by atoms with van der Waals surface area (Å²) in [5.74, 6) is 7.34. The molecule has 1 fully saturated rings. The summed E-state index contributed by atoms with van der Waals surface area (Å²) >= 11 is 0. The van der Waals surface area contributed by atoms with Gasteiger partial charge >= 0.3 is 19.5 Å². The largest absolute Gasteiger partial charge is 2.00 e. The van der Waals surface area contributed by atoms with E-state index in [2.05, 4.69) is 217 Å². The van der Waals surface area contributed by atoms with Gasteiger partial charge in [0.2, 0.25) is 0 Å². The first-order valence-electron chi connectivity index (χ1n) is 16.6. The SMILES string of the molecule is C[C]1[C](C)[C](C)[C](C)[C]1C.[Cl-].[Ru+2].c1ccc(P(c2ccccc2)c2ccccc2)cc1.c1ccc(P(c2ccccc2)c2ccccc2)cc1. The average Bonchev–Trinajstić information content (AvgIpc) is 3.32. The Hall–Kier alpha value is -2.91. The van der Waals surface area contributed by atoms with Gasteiger partial charge in [-0.15, -0.1) is 0 Å². The number of hydrogen-bond donors (Lipinski definition) is 0. The number of hydrogen-bond acceptors (Lipinski definition) is 0. The summed E-state index contributed by atoms with van der Waals surface area (Å²) in [5.41, 5.74) is 0. The van der Waals surface area contributed by atoms with Crippen LogP contribution in [0.15, 0.2) is 182 Å². The molecule has 50 heavy (non-hydrogen) atoms. The molecule has 4 heteroatoms. The molecule has 0 amide bonds. The van der Waals surface area contributed by atoms with Crippen LogP contribution in [0.4, 0.5) is 0 Å². The van der Waals surface area contributed by atoms with E-state index in [1.54, 1.807) is 0 Å². The Labute approximate surface area is 323 Å². The zero-order valence-electron chi connectivity index (χ0n) is 29.4. The monoisotopic (exact) mass is 796 g/mol. The zero-order chi connectivity index (χ0) is 33.7. The van der Waals surface area contributed by atoms with E-state index >= 15 is 0 Å². The van der Waals surface area contributed by atoms with Gasteiger partial charge in [-0.1, -0.05) is 217 Å². The molecule has 0 atom stereocenters. The fourth-order valence-corrected chi connectivity index (χ4v) is 10.4. The van der Waals surface area contributed by atoms with E-state index < -0.39 is 15.8 Å². The molecule has 0 unspecified atom stereocenters. The first kappa shape index (κ1) is 41.5. The first-order chi connectivity index (χ1) is 23.5. The molecule has 0 aromatic heterocycles. The van der Waals surface area contributed by atoms with E-state index in [1.807, 2.05) is 0 Å². The summed E-state index contributed by atoms with van der Waals surface area (Å²) in [6.45, 7) is 11.0. The fourth-order valence-electron chi connectivity index (χ4n) is 5.76. The van der Waals surface area contributed by atoms with Gasteiger partial charge in [0.1, 0.15) is 0 Å². The van der Waals surface area contributed by atoms with Gasteiger partial charge in [-0.05, 0) is 77.3 Å². The van der Waals surface area contributed by atoms with Crippen molar-refractivity contribution in [3.63, 3.8) is 0 Å². The van der Waals surface area contributed by atoms with Gasteiger partial charge in [-0.25, -0.2) is 0 Å². The number of rotatable bonds is 6. The predicted molar refractivity (Wildman–Crippen MR) is 215 cm³/mol. The quantitative estimate of drug-likeness (QED) is 0.128. The Morgan fingerprint density at radius 1 is 0.240 bits per heavy atom. The smallest absolute Gasteiger partial charge is 1.00 e. The van der Waals surface area contributed by atoms with Crippen LogP contribution < -0.4 is 44.2 Å². The third kappa shape index (κ3) is 11.0. The summed E-state index contributed by atoms with van der Waals surface area (Å²) in [6, 6.07) is 64.7. The topological polar surface area (TPSA) is 0 Å². The van der Waals surface area contributed by atoms with Crippen molar-refractivity contribution in [3.05, 3.63) is 212 Å². The van der Waals surface area contributed by atoms with Crippen molar-refractivity contribution in [3.8, 4) is 0 Å². The van der Waals surface area contributed by atoms with Crippen LogP contribution in [0.25, 0.3) is 0 Å².